The lowest BCUT2D eigenvalue weighted by Crippen LogP contribution is -2.40. The number of hydrogen-bond acceptors (Lipinski definition) is 7. The molecule has 28 heavy (non-hydrogen) atoms. The van der Waals surface area contributed by atoms with Gasteiger partial charge in [0.1, 0.15) is 18.8 Å². The van der Waals surface area contributed by atoms with Gasteiger partial charge in [-0.1, -0.05) is 36.4 Å². The number of benzene rings is 2. The molecule has 0 radical (unpaired) electrons. The Morgan fingerprint density at radius 1 is 0.929 bits per heavy atom. The van der Waals surface area contributed by atoms with Gasteiger partial charge in [0, 0.05) is 0 Å². The van der Waals surface area contributed by atoms with E-state index in [0.29, 0.717) is 5.56 Å². The SMILES string of the molecule is O=C(OC[C@@H]1C=C(OC(=O)c2ccccc2)C(=O)[C@@H](CO)O1)c1ccccc1. The predicted molar refractivity (Wildman–Crippen MR) is 97.4 cm³/mol. The molecule has 0 fully saturated rings. The number of ether oxygens (including phenoxy) is 3. The highest BCUT2D eigenvalue weighted by atomic mass is 16.6. The lowest BCUT2D eigenvalue weighted by Gasteiger charge is -2.26. The average molecular weight is 382 g/mol. The minimum Gasteiger partial charge on any atom is -0.459 e. The van der Waals surface area contributed by atoms with Crippen LogP contribution in [-0.2, 0) is 19.0 Å². The summed E-state index contributed by atoms with van der Waals surface area (Å²) in [5.41, 5.74) is 0.642. The first kappa shape index (κ1) is 19.5. The first-order valence-corrected chi connectivity index (χ1v) is 8.60. The van der Waals surface area contributed by atoms with Crippen molar-refractivity contribution in [2.75, 3.05) is 13.2 Å². The zero-order valence-corrected chi connectivity index (χ0v) is 14.8. The Morgan fingerprint density at radius 2 is 1.50 bits per heavy atom. The van der Waals surface area contributed by atoms with E-state index in [1.54, 1.807) is 60.7 Å². The highest BCUT2D eigenvalue weighted by Gasteiger charge is 2.34. The van der Waals surface area contributed by atoms with Crippen molar-refractivity contribution in [2.24, 2.45) is 0 Å². The number of aliphatic hydroxyl groups excluding tert-OH is 1. The van der Waals surface area contributed by atoms with Crippen molar-refractivity contribution < 1.29 is 33.7 Å². The van der Waals surface area contributed by atoms with Crippen LogP contribution in [0.15, 0.2) is 72.5 Å². The van der Waals surface area contributed by atoms with Gasteiger partial charge in [0.25, 0.3) is 0 Å². The lowest BCUT2D eigenvalue weighted by molar-refractivity contribution is -0.139. The zero-order valence-electron chi connectivity index (χ0n) is 14.8. The van der Waals surface area contributed by atoms with Gasteiger partial charge in [-0.15, -0.1) is 0 Å². The summed E-state index contributed by atoms with van der Waals surface area (Å²) in [4.78, 5) is 36.5. The second kappa shape index (κ2) is 9.07. The summed E-state index contributed by atoms with van der Waals surface area (Å²) in [6.45, 7) is -0.800. The summed E-state index contributed by atoms with van der Waals surface area (Å²) in [5, 5.41) is 9.38. The minimum atomic E-state index is -1.20. The molecule has 0 saturated carbocycles. The molecule has 0 amide bonds. The largest absolute Gasteiger partial charge is 0.459 e. The van der Waals surface area contributed by atoms with Gasteiger partial charge in [0.05, 0.1) is 17.7 Å². The van der Waals surface area contributed by atoms with E-state index < -0.39 is 36.5 Å². The first-order chi connectivity index (χ1) is 13.6. The first-order valence-electron chi connectivity index (χ1n) is 8.60. The van der Waals surface area contributed by atoms with Crippen LogP contribution in [0.2, 0.25) is 0 Å². The van der Waals surface area contributed by atoms with Crippen LogP contribution in [0.3, 0.4) is 0 Å². The highest BCUT2D eigenvalue weighted by Crippen LogP contribution is 2.19. The van der Waals surface area contributed by atoms with Gasteiger partial charge in [0.2, 0.25) is 5.78 Å². The summed E-state index contributed by atoms with van der Waals surface area (Å²) < 4.78 is 15.8. The van der Waals surface area contributed by atoms with Gasteiger partial charge < -0.3 is 19.3 Å². The van der Waals surface area contributed by atoms with Crippen LogP contribution in [0.4, 0.5) is 0 Å². The van der Waals surface area contributed by atoms with Crippen LogP contribution in [0.25, 0.3) is 0 Å². The van der Waals surface area contributed by atoms with Gasteiger partial charge in [-0.05, 0) is 30.3 Å². The molecule has 144 valence electrons. The van der Waals surface area contributed by atoms with Crippen LogP contribution in [0, 0.1) is 0 Å². The van der Waals surface area contributed by atoms with Crippen LogP contribution in [-0.4, -0.2) is 48.3 Å². The fourth-order valence-electron chi connectivity index (χ4n) is 2.57. The molecule has 0 unspecified atom stereocenters. The van der Waals surface area contributed by atoms with Gasteiger partial charge in [-0.3, -0.25) is 4.79 Å². The average Bonchev–Trinajstić information content (AvgIpc) is 2.75. The monoisotopic (exact) mass is 382 g/mol. The zero-order chi connectivity index (χ0) is 19.9. The molecular formula is C21H18O7. The molecule has 1 N–H and O–H groups in total. The third-order valence-corrected chi connectivity index (χ3v) is 3.98. The fraction of sp³-hybridized carbons (Fsp3) is 0.190. The Balaban J connectivity index is 1.69. The number of rotatable bonds is 6. The minimum absolute atomic E-state index is 0.204. The van der Waals surface area contributed by atoms with E-state index in [0.717, 1.165) is 0 Å². The highest BCUT2D eigenvalue weighted by molar-refractivity contribution is 6.01. The number of esters is 2. The Bertz CT molecular complexity index is 874. The topological polar surface area (TPSA) is 99.1 Å². The Hall–Kier alpha value is -3.29. The molecule has 3 rings (SSSR count). The van der Waals surface area contributed by atoms with Crippen LogP contribution >= 0.6 is 0 Å². The molecule has 2 atom stereocenters. The van der Waals surface area contributed by atoms with E-state index in [1.807, 2.05) is 0 Å². The smallest absolute Gasteiger partial charge is 0.343 e. The summed E-state index contributed by atoms with van der Waals surface area (Å²) in [5.74, 6) is -2.17. The second-order valence-corrected chi connectivity index (χ2v) is 5.96. The van der Waals surface area contributed by atoms with Crippen LogP contribution < -0.4 is 0 Å². The molecule has 7 heteroatoms. The Kier molecular flexibility index (Phi) is 6.31. The molecule has 0 bridgehead atoms. The summed E-state index contributed by atoms with van der Waals surface area (Å²) in [7, 11) is 0. The van der Waals surface area contributed by atoms with Crippen molar-refractivity contribution in [3.63, 3.8) is 0 Å². The maximum absolute atomic E-state index is 12.3. The summed E-state index contributed by atoms with van der Waals surface area (Å²) in [6, 6.07) is 16.6. The third kappa shape index (κ3) is 4.70. The molecule has 2 aromatic rings. The number of hydrogen-bond donors (Lipinski definition) is 1. The summed E-state index contributed by atoms with van der Waals surface area (Å²) >= 11 is 0. The van der Waals surface area contributed by atoms with Crippen LogP contribution in [0.1, 0.15) is 20.7 Å². The van der Waals surface area contributed by atoms with Crippen LogP contribution in [0.5, 0.6) is 0 Å². The molecule has 0 spiro atoms. The van der Waals surface area contributed by atoms with E-state index in [-0.39, 0.29) is 17.9 Å². The molecule has 7 nitrogen and oxygen atoms in total. The second-order valence-electron chi connectivity index (χ2n) is 5.96. The Labute approximate surface area is 161 Å². The molecule has 2 aromatic carbocycles. The molecule has 1 aliphatic heterocycles. The molecule has 1 aliphatic rings. The molecule has 1 heterocycles. The molecule has 0 aliphatic carbocycles. The normalized spacial score (nSPS) is 18.9. The standard InChI is InChI=1S/C21H18O7/c22-12-18-19(23)17(28-21(25)15-9-5-2-6-10-15)11-16(27-18)13-26-20(24)14-7-3-1-4-8-14/h1-11,16,18,22H,12-13H2/t16-,18+/m0/s1. The predicted octanol–water partition coefficient (Wildman–Crippen LogP) is 1.91. The van der Waals surface area contributed by atoms with E-state index in [4.69, 9.17) is 14.2 Å². The van der Waals surface area contributed by atoms with Crippen molar-refractivity contribution in [3.8, 4) is 0 Å². The number of carbonyl (C=O) groups is 3. The van der Waals surface area contributed by atoms with Crippen molar-refractivity contribution in [3.05, 3.63) is 83.6 Å². The number of ketones is 1. The number of carbonyl (C=O) groups excluding carboxylic acids is 3. The van der Waals surface area contributed by atoms with Gasteiger partial charge >= 0.3 is 11.9 Å². The lowest BCUT2D eigenvalue weighted by atomic mass is 10.1. The molecule has 0 aromatic heterocycles. The van der Waals surface area contributed by atoms with E-state index in [1.165, 1.54) is 6.08 Å². The van der Waals surface area contributed by atoms with E-state index >= 15 is 0 Å². The maximum Gasteiger partial charge on any atom is 0.343 e. The van der Waals surface area contributed by atoms with Crippen molar-refractivity contribution in [1.82, 2.24) is 0 Å². The van der Waals surface area contributed by atoms with E-state index in [2.05, 4.69) is 0 Å². The number of aliphatic hydroxyl groups is 1. The Morgan fingerprint density at radius 3 is 2.07 bits per heavy atom. The maximum atomic E-state index is 12.3. The van der Waals surface area contributed by atoms with Gasteiger partial charge in [0.15, 0.2) is 5.76 Å². The van der Waals surface area contributed by atoms with Crippen molar-refractivity contribution in [1.29, 1.82) is 0 Å². The van der Waals surface area contributed by atoms with E-state index in [9.17, 15) is 19.5 Å². The van der Waals surface area contributed by atoms with Crippen molar-refractivity contribution in [2.45, 2.75) is 12.2 Å². The summed E-state index contributed by atoms with van der Waals surface area (Å²) in [6.07, 6.45) is -0.779. The van der Waals surface area contributed by atoms with Gasteiger partial charge in [-0.25, -0.2) is 9.59 Å². The van der Waals surface area contributed by atoms with Gasteiger partial charge in [-0.2, -0.15) is 0 Å². The number of Topliss-reactive ketones (excluding diaryl/α,β-unsaturated/α-hetero) is 1. The third-order valence-electron chi connectivity index (χ3n) is 3.98. The quantitative estimate of drug-likeness (QED) is 0.762. The van der Waals surface area contributed by atoms with Crippen molar-refractivity contribution >= 4 is 17.7 Å². The molecular weight excluding hydrogens is 364 g/mol. The fourth-order valence-corrected chi connectivity index (χ4v) is 2.57. The molecule has 0 saturated heterocycles.